The summed E-state index contributed by atoms with van der Waals surface area (Å²) in [4.78, 5) is 25.3. The Bertz CT molecular complexity index is 626. The van der Waals surface area contributed by atoms with Crippen molar-refractivity contribution < 1.29 is 33.3 Å². The van der Waals surface area contributed by atoms with Crippen LogP contribution in [0.25, 0.3) is 0 Å². The second-order valence-electron chi connectivity index (χ2n) is 9.38. The van der Waals surface area contributed by atoms with Crippen LogP contribution >= 0.6 is 0 Å². The molecular weight excluding hydrogens is 364 g/mol. The maximum absolute atomic E-state index is 12.9. The smallest absolute Gasteiger partial charge is 0.350 e. The van der Waals surface area contributed by atoms with Gasteiger partial charge in [0.15, 0.2) is 24.3 Å². The molecule has 1 saturated carbocycles. The van der Waals surface area contributed by atoms with E-state index in [9.17, 15) is 9.59 Å². The SMILES string of the molecule is CCC(C)(CC(C)C)C(=O)OC1C(=O)OC2[C@@H]1O[C@@H]1OC3(CCCCC3)O[C@H]21. The highest BCUT2D eigenvalue weighted by atomic mass is 16.9. The Labute approximate surface area is 166 Å². The Hall–Kier alpha value is -1.18. The fraction of sp³-hybridized carbons (Fsp3) is 0.905. The van der Waals surface area contributed by atoms with Gasteiger partial charge in [-0.15, -0.1) is 0 Å². The number of ether oxygens (including phenoxy) is 5. The normalized spacial score (nSPS) is 38.2. The average molecular weight is 396 g/mol. The number of carbonyl (C=O) groups is 2. The van der Waals surface area contributed by atoms with Crippen LogP contribution in [0.3, 0.4) is 0 Å². The first kappa shape index (κ1) is 20.1. The molecular formula is C21H32O7. The minimum absolute atomic E-state index is 0.344. The number of hydrogen-bond acceptors (Lipinski definition) is 7. The fourth-order valence-corrected chi connectivity index (χ4v) is 5.04. The third-order valence-electron chi connectivity index (χ3n) is 6.65. The van der Waals surface area contributed by atoms with Crippen LogP contribution in [0, 0.1) is 11.3 Å². The summed E-state index contributed by atoms with van der Waals surface area (Å²) in [6.45, 7) is 7.98. The lowest BCUT2D eigenvalue weighted by atomic mass is 9.80. The van der Waals surface area contributed by atoms with Gasteiger partial charge in [-0.1, -0.05) is 27.2 Å². The molecule has 1 aliphatic carbocycles. The van der Waals surface area contributed by atoms with E-state index in [2.05, 4.69) is 13.8 Å². The second kappa shape index (κ2) is 7.26. The van der Waals surface area contributed by atoms with Gasteiger partial charge in [-0.25, -0.2) is 4.79 Å². The van der Waals surface area contributed by atoms with Gasteiger partial charge in [0, 0.05) is 12.8 Å². The summed E-state index contributed by atoms with van der Waals surface area (Å²) in [5.74, 6) is -1.20. The van der Waals surface area contributed by atoms with Gasteiger partial charge in [-0.3, -0.25) is 4.79 Å². The highest BCUT2D eigenvalue weighted by Crippen LogP contribution is 2.48. The van der Waals surface area contributed by atoms with E-state index in [1.54, 1.807) is 0 Å². The lowest BCUT2D eigenvalue weighted by molar-refractivity contribution is -0.246. The van der Waals surface area contributed by atoms with Crippen LogP contribution < -0.4 is 0 Å². The Balaban J connectivity index is 1.43. The topological polar surface area (TPSA) is 80.3 Å². The molecule has 3 heterocycles. The van der Waals surface area contributed by atoms with Gasteiger partial charge in [0.05, 0.1) is 5.41 Å². The summed E-state index contributed by atoms with van der Waals surface area (Å²) in [6, 6.07) is 0. The van der Waals surface area contributed by atoms with Crippen LogP contribution in [0.2, 0.25) is 0 Å². The van der Waals surface area contributed by atoms with Gasteiger partial charge < -0.3 is 23.7 Å². The van der Waals surface area contributed by atoms with Crippen molar-refractivity contribution in [1.29, 1.82) is 0 Å². The zero-order chi connectivity index (χ0) is 20.1. The summed E-state index contributed by atoms with van der Waals surface area (Å²) in [5, 5.41) is 0. The summed E-state index contributed by atoms with van der Waals surface area (Å²) in [5.41, 5.74) is -0.639. The second-order valence-corrected chi connectivity index (χ2v) is 9.38. The standard InChI is InChI=1S/C21H32O7/c1-5-20(4,11-12(2)3)19(23)26-15-13-14(24-17(15)22)16-18(25-13)28-21(27-16)9-7-6-8-10-21/h12-16,18H,5-11H2,1-4H3/t13-,14?,15?,16+,18+,20?/m0/s1. The van der Waals surface area contributed by atoms with E-state index >= 15 is 0 Å². The molecule has 4 fully saturated rings. The van der Waals surface area contributed by atoms with E-state index < -0.39 is 47.9 Å². The van der Waals surface area contributed by atoms with E-state index in [1.165, 1.54) is 6.42 Å². The van der Waals surface area contributed by atoms with Crippen LogP contribution in [-0.2, 0) is 33.3 Å². The third kappa shape index (κ3) is 3.35. The summed E-state index contributed by atoms with van der Waals surface area (Å²) < 4.78 is 29.5. The van der Waals surface area contributed by atoms with Crippen molar-refractivity contribution in [1.82, 2.24) is 0 Å². The first-order chi connectivity index (χ1) is 13.3. The zero-order valence-corrected chi connectivity index (χ0v) is 17.3. The minimum atomic E-state index is -1.06. The van der Waals surface area contributed by atoms with Crippen molar-refractivity contribution in [2.75, 3.05) is 0 Å². The Morgan fingerprint density at radius 1 is 1.18 bits per heavy atom. The van der Waals surface area contributed by atoms with Crippen molar-refractivity contribution in [3.05, 3.63) is 0 Å². The predicted octanol–water partition coefficient (Wildman–Crippen LogP) is 3.09. The van der Waals surface area contributed by atoms with E-state index in [4.69, 9.17) is 23.7 Å². The van der Waals surface area contributed by atoms with Gasteiger partial charge in [0.2, 0.25) is 6.10 Å². The van der Waals surface area contributed by atoms with Crippen LogP contribution in [0.5, 0.6) is 0 Å². The summed E-state index contributed by atoms with van der Waals surface area (Å²) in [7, 11) is 0. The molecule has 6 atom stereocenters. The van der Waals surface area contributed by atoms with Crippen molar-refractivity contribution >= 4 is 11.9 Å². The quantitative estimate of drug-likeness (QED) is 0.661. The molecule has 3 aliphatic heterocycles. The van der Waals surface area contributed by atoms with Crippen molar-refractivity contribution in [2.24, 2.45) is 11.3 Å². The number of esters is 2. The maximum atomic E-state index is 12.9. The van der Waals surface area contributed by atoms with Crippen LogP contribution in [0.15, 0.2) is 0 Å². The molecule has 158 valence electrons. The Morgan fingerprint density at radius 3 is 2.54 bits per heavy atom. The fourth-order valence-electron chi connectivity index (χ4n) is 5.04. The third-order valence-corrected chi connectivity index (χ3v) is 6.65. The van der Waals surface area contributed by atoms with E-state index in [0.717, 1.165) is 25.7 Å². The predicted molar refractivity (Wildman–Crippen MR) is 98.0 cm³/mol. The monoisotopic (exact) mass is 396 g/mol. The molecule has 7 heteroatoms. The van der Waals surface area contributed by atoms with E-state index in [-0.39, 0.29) is 5.97 Å². The zero-order valence-electron chi connectivity index (χ0n) is 17.3. The molecule has 0 radical (unpaired) electrons. The molecule has 0 amide bonds. The molecule has 7 nitrogen and oxygen atoms in total. The summed E-state index contributed by atoms with van der Waals surface area (Å²) in [6.07, 6.45) is 2.93. The van der Waals surface area contributed by atoms with Crippen LogP contribution in [0.4, 0.5) is 0 Å². The highest BCUT2D eigenvalue weighted by molar-refractivity contribution is 5.84. The van der Waals surface area contributed by atoms with E-state index in [0.29, 0.717) is 18.8 Å². The van der Waals surface area contributed by atoms with Crippen molar-refractivity contribution in [3.63, 3.8) is 0 Å². The Kier molecular flexibility index (Phi) is 5.21. The van der Waals surface area contributed by atoms with Crippen molar-refractivity contribution in [2.45, 2.75) is 109 Å². The number of hydrogen-bond donors (Lipinski definition) is 0. The number of fused-ring (bicyclic) bond motifs is 3. The highest BCUT2D eigenvalue weighted by Gasteiger charge is 2.66. The first-order valence-corrected chi connectivity index (χ1v) is 10.7. The molecule has 0 N–H and O–H groups in total. The van der Waals surface area contributed by atoms with Gasteiger partial charge in [0.25, 0.3) is 0 Å². The van der Waals surface area contributed by atoms with E-state index in [1.807, 2.05) is 13.8 Å². The molecule has 0 aromatic carbocycles. The largest absolute Gasteiger partial charge is 0.454 e. The lowest BCUT2D eigenvalue weighted by Crippen LogP contribution is -2.42. The molecule has 3 unspecified atom stereocenters. The maximum Gasteiger partial charge on any atom is 0.350 e. The average Bonchev–Trinajstić information content (AvgIpc) is 3.24. The molecule has 28 heavy (non-hydrogen) atoms. The van der Waals surface area contributed by atoms with Gasteiger partial charge in [0.1, 0.15) is 6.10 Å². The van der Waals surface area contributed by atoms with Gasteiger partial charge in [-0.2, -0.15) is 0 Å². The van der Waals surface area contributed by atoms with Crippen molar-refractivity contribution in [3.8, 4) is 0 Å². The molecule has 4 aliphatic rings. The van der Waals surface area contributed by atoms with Gasteiger partial charge >= 0.3 is 11.9 Å². The first-order valence-electron chi connectivity index (χ1n) is 10.7. The minimum Gasteiger partial charge on any atom is -0.454 e. The molecule has 1 spiro atoms. The number of carbonyl (C=O) groups excluding carboxylic acids is 2. The lowest BCUT2D eigenvalue weighted by Gasteiger charge is -2.33. The molecule has 4 rings (SSSR count). The molecule has 0 aromatic heterocycles. The Morgan fingerprint density at radius 2 is 1.89 bits per heavy atom. The molecule has 0 bridgehead atoms. The van der Waals surface area contributed by atoms with Crippen LogP contribution in [0.1, 0.15) is 72.6 Å². The molecule has 0 aromatic rings. The van der Waals surface area contributed by atoms with Crippen LogP contribution in [-0.4, -0.2) is 48.4 Å². The number of rotatable bonds is 5. The molecule has 3 saturated heterocycles. The summed E-state index contributed by atoms with van der Waals surface area (Å²) >= 11 is 0. The van der Waals surface area contributed by atoms with Gasteiger partial charge in [-0.05, 0) is 38.5 Å².